The van der Waals surface area contributed by atoms with Crippen molar-refractivity contribution in [1.29, 1.82) is 0 Å². The van der Waals surface area contributed by atoms with Crippen LogP contribution in [0, 0.1) is 6.92 Å². The topological polar surface area (TPSA) is 77.2 Å². The molecule has 2 aromatic rings. The Morgan fingerprint density at radius 2 is 1.88 bits per heavy atom. The summed E-state index contributed by atoms with van der Waals surface area (Å²) in [6.07, 6.45) is 0. The van der Waals surface area contributed by atoms with Gasteiger partial charge < -0.3 is 9.26 Å². The van der Waals surface area contributed by atoms with Gasteiger partial charge in [0.25, 0.3) is 0 Å². The van der Waals surface area contributed by atoms with Crippen molar-refractivity contribution >= 4 is 11.0 Å². The number of ether oxygens (including phenoxy) is 1. The normalized spacial score (nSPS) is 15.9. The number of nitrogens with one attached hydrogen (secondary N) is 1. The fourth-order valence-electron chi connectivity index (χ4n) is 1.97. The Labute approximate surface area is 145 Å². The molecular weight excluding hydrogens is 326 g/mol. The summed E-state index contributed by atoms with van der Waals surface area (Å²) < 4.78 is 26.2. The van der Waals surface area contributed by atoms with E-state index in [0.717, 1.165) is 5.56 Å². The van der Waals surface area contributed by atoms with Gasteiger partial charge in [-0.25, -0.2) is 8.93 Å². The molecular formula is C17H25N3O3S. The highest BCUT2D eigenvalue weighted by Crippen LogP contribution is 2.22. The van der Waals surface area contributed by atoms with Crippen LogP contribution in [0.5, 0.6) is 0 Å². The maximum atomic E-state index is 12.6. The average molecular weight is 351 g/mol. The largest absolute Gasteiger partial charge is 0.374 e. The van der Waals surface area contributed by atoms with E-state index in [1.807, 2.05) is 58.0 Å². The van der Waals surface area contributed by atoms with Gasteiger partial charge in [-0.2, -0.15) is 4.98 Å². The summed E-state index contributed by atoms with van der Waals surface area (Å²) in [5.74, 6) is 0.897. The minimum Gasteiger partial charge on any atom is -0.374 e. The van der Waals surface area contributed by atoms with Gasteiger partial charge in [-0.3, -0.25) is 0 Å². The Morgan fingerprint density at radius 1 is 1.21 bits per heavy atom. The summed E-state index contributed by atoms with van der Waals surface area (Å²) in [6, 6.07) is 9.89. The Balaban J connectivity index is 2.12. The van der Waals surface area contributed by atoms with E-state index in [9.17, 15) is 4.21 Å². The maximum absolute atomic E-state index is 12.6. The third-order valence-electron chi connectivity index (χ3n) is 3.40. The fourth-order valence-corrected chi connectivity index (χ4v) is 2.83. The van der Waals surface area contributed by atoms with Crippen molar-refractivity contribution in [2.75, 3.05) is 6.61 Å². The van der Waals surface area contributed by atoms with Crippen LogP contribution >= 0.6 is 0 Å². The predicted octanol–water partition coefficient (Wildman–Crippen LogP) is 2.86. The molecule has 7 heteroatoms. The molecule has 1 aromatic carbocycles. The van der Waals surface area contributed by atoms with Crippen LogP contribution in [0.25, 0.3) is 0 Å². The van der Waals surface area contributed by atoms with Crippen LogP contribution in [0.1, 0.15) is 45.0 Å². The molecule has 0 bridgehead atoms. The lowest BCUT2D eigenvalue weighted by Crippen LogP contribution is -2.49. The quantitative estimate of drug-likeness (QED) is 0.830. The molecule has 0 saturated carbocycles. The van der Waals surface area contributed by atoms with Crippen molar-refractivity contribution in [3.63, 3.8) is 0 Å². The van der Waals surface area contributed by atoms with E-state index in [1.54, 1.807) is 6.92 Å². The lowest BCUT2D eigenvalue weighted by atomic mass is 10.1. The summed E-state index contributed by atoms with van der Waals surface area (Å²) in [7, 11) is -1.30. The number of hydrogen-bond donors (Lipinski definition) is 1. The molecule has 2 atom stereocenters. The van der Waals surface area contributed by atoms with Gasteiger partial charge in [0, 0.05) is 6.92 Å². The van der Waals surface area contributed by atoms with E-state index in [4.69, 9.17) is 9.26 Å². The van der Waals surface area contributed by atoms with E-state index in [1.165, 1.54) is 0 Å². The second-order valence-electron chi connectivity index (χ2n) is 6.93. The van der Waals surface area contributed by atoms with Crippen LogP contribution < -0.4 is 4.72 Å². The highest BCUT2D eigenvalue weighted by atomic mass is 32.2. The van der Waals surface area contributed by atoms with Gasteiger partial charge in [0.15, 0.2) is 5.82 Å². The van der Waals surface area contributed by atoms with Gasteiger partial charge in [0.1, 0.15) is 5.54 Å². The average Bonchev–Trinajstić information content (AvgIpc) is 2.95. The molecule has 132 valence electrons. The number of hydrogen-bond acceptors (Lipinski definition) is 5. The van der Waals surface area contributed by atoms with E-state index in [0.29, 0.717) is 18.3 Å². The first-order valence-corrected chi connectivity index (χ1v) is 8.98. The minimum absolute atomic E-state index is 0.267. The molecule has 0 aliphatic heterocycles. The molecule has 0 saturated heterocycles. The van der Waals surface area contributed by atoms with Gasteiger partial charge in [-0.1, -0.05) is 35.5 Å². The molecule has 2 rings (SSSR count). The molecule has 1 aromatic heterocycles. The van der Waals surface area contributed by atoms with Crippen molar-refractivity contribution in [1.82, 2.24) is 14.9 Å². The summed E-state index contributed by atoms with van der Waals surface area (Å²) in [5.41, 5.74) is 0.256. The van der Waals surface area contributed by atoms with Crippen molar-refractivity contribution in [3.8, 4) is 0 Å². The van der Waals surface area contributed by atoms with Crippen LogP contribution in [-0.2, 0) is 27.9 Å². The van der Waals surface area contributed by atoms with Gasteiger partial charge in [-0.15, -0.1) is 0 Å². The Hall–Kier alpha value is -1.57. The van der Waals surface area contributed by atoms with E-state index in [-0.39, 0.29) is 6.61 Å². The SMILES string of the molecule is Cc1nc([C@](C)(COCc2ccccc2)N[S@](=O)C(C)(C)C)no1. The lowest BCUT2D eigenvalue weighted by molar-refractivity contribution is 0.0683. The zero-order valence-corrected chi connectivity index (χ0v) is 15.6. The number of aryl methyl sites for hydroxylation is 1. The van der Waals surface area contributed by atoms with Crippen molar-refractivity contribution in [2.45, 2.75) is 51.5 Å². The Bertz CT molecular complexity index is 682. The molecule has 0 fully saturated rings. The summed E-state index contributed by atoms with van der Waals surface area (Å²) in [4.78, 5) is 4.29. The lowest BCUT2D eigenvalue weighted by Gasteiger charge is -2.30. The van der Waals surface area contributed by atoms with E-state index >= 15 is 0 Å². The second-order valence-corrected chi connectivity index (χ2v) is 8.90. The van der Waals surface area contributed by atoms with Gasteiger partial charge in [0.2, 0.25) is 5.89 Å². The molecule has 0 unspecified atom stereocenters. The van der Waals surface area contributed by atoms with Gasteiger partial charge >= 0.3 is 0 Å². The van der Waals surface area contributed by atoms with Gasteiger partial charge in [0.05, 0.1) is 28.9 Å². The first-order valence-electron chi connectivity index (χ1n) is 7.83. The first-order chi connectivity index (χ1) is 11.2. The predicted molar refractivity (Wildman–Crippen MR) is 93.5 cm³/mol. The van der Waals surface area contributed by atoms with Gasteiger partial charge in [-0.05, 0) is 33.3 Å². The Kier molecular flexibility index (Phi) is 5.90. The molecule has 0 radical (unpaired) electrons. The smallest absolute Gasteiger partial charge is 0.223 e. The monoisotopic (exact) mass is 351 g/mol. The zero-order valence-electron chi connectivity index (χ0n) is 14.8. The summed E-state index contributed by atoms with van der Waals surface area (Å²) in [5, 5.41) is 3.99. The molecule has 0 aliphatic rings. The third-order valence-corrected chi connectivity index (χ3v) is 5.15. The molecule has 1 heterocycles. The molecule has 24 heavy (non-hydrogen) atoms. The van der Waals surface area contributed by atoms with Crippen LogP contribution in [0.15, 0.2) is 34.9 Å². The van der Waals surface area contributed by atoms with Crippen LogP contribution in [-0.4, -0.2) is 25.7 Å². The van der Waals surface area contributed by atoms with Crippen molar-refractivity contribution in [2.24, 2.45) is 0 Å². The van der Waals surface area contributed by atoms with Crippen molar-refractivity contribution in [3.05, 3.63) is 47.6 Å². The fraction of sp³-hybridized carbons (Fsp3) is 0.529. The Morgan fingerprint density at radius 3 is 2.42 bits per heavy atom. The zero-order chi connectivity index (χ0) is 17.8. The van der Waals surface area contributed by atoms with Crippen LogP contribution in [0.3, 0.4) is 0 Å². The maximum Gasteiger partial charge on any atom is 0.223 e. The van der Waals surface area contributed by atoms with Crippen LogP contribution in [0.4, 0.5) is 0 Å². The molecule has 0 spiro atoms. The summed E-state index contributed by atoms with van der Waals surface area (Å²) >= 11 is 0. The molecule has 6 nitrogen and oxygen atoms in total. The highest BCUT2D eigenvalue weighted by Gasteiger charge is 2.36. The number of nitrogens with zero attached hydrogens (tertiary/aromatic N) is 2. The third kappa shape index (κ3) is 4.96. The van der Waals surface area contributed by atoms with Crippen molar-refractivity contribution < 1.29 is 13.5 Å². The molecule has 1 N–H and O–H groups in total. The highest BCUT2D eigenvalue weighted by molar-refractivity contribution is 7.84. The number of benzene rings is 1. The molecule has 0 amide bonds. The molecule has 0 aliphatic carbocycles. The second kappa shape index (κ2) is 7.55. The summed E-state index contributed by atoms with van der Waals surface area (Å²) in [6.45, 7) is 10.0. The standard InChI is InChI=1S/C17H25N3O3S/c1-13-18-15(19-23-13)17(5,20-24(21)16(2,3)4)12-22-11-14-9-7-6-8-10-14/h6-10,20H,11-12H2,1-5H3/t17-,24+/m0/s1. The van der Waals surface area contributed by atoms with E-state index < -0.39 is 21.3 Å². The minimum atomic E-state index is -1.30. The number of aromatic nitrogens is 2. The first kappa shape index (κ1) is 18.8. The van der Waals surface area contributed by atoms with Crippen LogP contribution in [0.2, 0.25) is 0 Å². The number of rotatable bonds is 7. The van der Waals surface area contributed by atoms with E-state index in [2.05, 4.69) is 14.9 Å².